The van der Waals surface area contributed by atoms with Crippen molar-refractivity contribution in [2.75, 3.05) is 6.54 Å². The molecule has 88 valence electrons. The zero-order chi connectivity index (χ0) is 11.4. The second kappa shape index (κ2) is 5.46. The van der Waals surface area contributed by atoms with Crippen molar-refractivity contribution in [1.29, 1.82) is 0 Å². The van der Waals surface area contributed by atoms with Crippen LogP contribution in [0.15, 0.2) is 11.6 Å². The van der Waals surface area contributed by atoms with E-state index in [2.05, 4.69) is 40.1 Å². The zero-order valence-electron chi connectivity index (χ0n) is 9.99. The molecule has 0 atom stereocenters. The van der Waals surface area contributed by atoms with E-state index in [-0.39, 0.29) is 0 Å². The molecule has 0 spiro atoms. The zero-order valence-corrected chi connectivity index (χ0v) is 10.8. The topological polar surface area (TPSA) is 29.3 Å². The lowest BCUT2D eigenvalue weighted by atomic mass is 10.2. The Morgan fingerprint density at radius 1 is 1.44 bits per heavy atom. The molecule has 0 unspecified atom stereocenters. The first-order valence-corrected chi connectivity index (χ1v) is 6.82. The highest BCUT2D eigenvalue weighted by Gasteiger charge is 2.08. The van der Waals surface area contributed by atoms with Crippen LogP contribution < -0.4 is 5.32 Å². The molecule has 16 heavy (non-hydrogen) atoms. The number of fused-ring (bicyclic) bond motifs is 1. The van der Waals surface area contributed by atoms with Gasteiger partial charge in [-0.15, -0.1) is 11.3 Å². The summed E-state index contributed by atoms with van der Waals surface area (Å²) in [6.45, 7) is 6.34. The molecule has 2 heterocycles. The molecule has 0 saturated heterocycles. The van der Waals surface area contributed by atoms with Crippen LogP contribution >= 0.6 is 11.3 Å². The van der Waals surface area contributed by atoms with E-state index < -0.39 is 0 Å². The van der Waals surface area contributed by atoms with E-state index in [1.165, 1.54) is 25.0 Å². The lowest BCUT2D eigenvalue weighted by Crippen LogP contribution is -2.16. The Bertz CT molecular complexity index is 444. The number of nitrogens with zero attached hydrogens (tertiary/aromatic N) is 2. The molecule has 0 saturated carbocycles. The molecule has 1 N–H and O–H groups in total. The van der Waals surface area contributed by atoms with Gasteiger partial charge < -0.3 is 5.32 Å². The maximum Gasteiger partial charge on any atom is 0.194 e. The molecule has 0 radical (unpaired) electrons. The SMILES string of the molecule is CCCCCNCc1c(C)nc2sccn12. The van der Waals surface area contributed by atoms with E-state index >= 15 is 0 Å². The van der Waals surface area contributed by atoms with Crippen molar-refractivity contribution < 1.29 is 0 Å². The van der Waals surface area contributed by atoms with Gasteiger partial charge in [-0.1, -0.05) is 19.8 Å². The van der Waals surface area contributed by atoms with Crippen molar-refractivity contribution in [3.05, 3.63) is 23.0 Å². The van der Waals surface area contributed by atoms with Gasteiger partial charge in [-0.2, -0.15) is 0 Å². The summed E-state index contributed by atoms with van der Waals surface area (Å²) in [5.74, 6) is 0. The van der Waals surface area contributed by atoms with Crippen LogP contribution in [0.1, 0.15) is 37.6 Å². The van der Waals surface area contributed by atoms with Gasteiger partial charge in [0.2, 0.25) is 0 Å². The highest BCUT2D eigenvalue weighted by atomic mass is 32.1. The highest BCUT2D eigenvalue weighted by Crippen LogP contribution is 2.16. The summed E-state index contributed by atoms with van der Waals surface area (Å²) in [7, 11) is 0. The minimum Gasteiger partial charge on any atom is -0.311 e. The largest absolute Gasteiger partial charge is 0.311 e. The number of imidazole rings is 1. The second-order valence-electron chi connectivity index (χ2n) is 4.08. The number of hydrogen-bond donors (Lipinski definition) is 1. The average Bonchev–Trinajstić information content (AvgIpc) is 2.80. The number of unbranched alkanes of at least 4 members (excludes halogenated alkanes) is 2. The van der Waals surface area contributed by atoms with E-state index in [9.17, 15) is 0 Å². The maximum atomic E-state index is 4.53. The van der Waals surface area contributed by atoms with E-state index in [0.717, 1.165) is 23.7 Å². The van der Waals surface area contributed by atoms with E-state index in [4.69, 9.17) is 0 Å². The van der Waals surface area contributed by atoms with Crippen molar-refractivity contribution in [2.24, 2.45) is 0 Å². The number of nitrogens with one attached hydrogen (secondary N) is 1. The van der Waals surface area contributed by atoms with E-state index in [1.807, 2.05) is 0 Å². The van der Waals surface area contributed by atoms with Crippen LogP contribution in [0, 0.1) is 6.92 Å². The molecule has 0 aliphatic carbocycles. The average molecular weight is 237 g/mol. The van der Waals surface area contributed by atoms with Crippen LogP contribution in [0.5, 0.6) is 0 Å². The summed E-state index contributed by atoms with van der Waals surface area (Å²) < 4.78 is 2.19. The molecule has 0 amide bonds. The van der Waals surface area contributed by atoms with Crippen LogP contribution in [0.2, 0.25) is 0 Å². The summed E-state index contributed by atoms with van der Waals surface area (Å²) in [6.07, 6.45) is 5.96. The lowest BCUT2D eigenvalue weighted by Gasteiger charge is -2.04. The van der Waals surface area contributed by atoms with Gasteiger partial charge in [0.25, 0.3) is 0 Å². The van der Waals surface area contributed by atoms with Crippen molar-refractivity contribution in [2.45, 2.75) is 39.7 Å². The first kappa shape index (κ1) is 11.6. The number of thiazole rings is 1. The normalized spacial score (nSPS) is 11.4. The third-order valence-corrected chi connectivity index (χ3v) is 3.57. The Labute approximate surface area is 101 Å². The second-order valence-corrected chi connectivity index (χ2v) is 4.96. The number of hydrogen-bond acceptors (Lipinski definition) is 3. The van der Waals surface area contributed by atoms with Crippen LogP contribution in [-0.4, -0.2) is 15.9 Å². The molecule has 4 heteroatoms. The van der Waals surface area contributed by atoms with Gasteiger partial charge in [-0.05, 0) is 19.9 Å². The van der Waals surface area contributed by atoms with Gasteiger partial charge in [0.05, 0.1) is 11.4 Å². The van der Waals surface area contributed by atoms with E-state index in [0.29, 0.717) is 0 Å². The summed E-state index contributed by atoms with van der Waals surface area (Å²) in [6, 6.07) is 0. The molecule has 3 nitrogen and oxygen atoms in total. The fourth-order valence-electron chi connectivity index (χ4n) is 1.86. The molecule has 0 fully saturated rings. The monoisotopic (exact) mass is 237 g/mol. The standard InChI is InChI=1S/C12H19N3S/c1-3-4-5-6-13-9-11-10(2)14-12-15(11)7-8-16-12/h7-8,13H,3-6,9H2,1-2H3. The Balaban J connectivity index is 1.93. The fourth-order valence-corrected chi connectivity index (χ4v) is 2.64. The predicted molar refractivity (Wildman–Crippen MR) is 69.0 cm³/mol. The van der Waals surface area contributed by atoms with Gasteiger partial charge >= 0.3 is 0 Å². The lowest BCUT2D eigenvalue weighted by molar-refractivity contribution is 0.608. The fraction of sp³-hybridized carbons (Fsp3) is 0.583. The summed E-state index contributed by atoms with van der Waals surface area (Å²) in [5.41, 5.74) is 2.45. The number of aryl methyl sites for hydroxylation is 1. The molecule has 0 aliphatic rings. The minimum absolute atomic E-state index is 0.924. The maximum absolute atomic E-state index is 4.53. The molecule has 0 bridgehead atoms. The van der Waals surface area contributed by atoms with Crippen LogP contribution in [-0.2, 0) is 6.54 Å². The van der Waals surface area contributed by atoms with Crippen LogP contribution in [0.25, 0.3) is 4.96 Å². The molecular formula is C12H19N3S. The van der Waals surface area contributed by atoms with Gasteiger partial charge in [0.1, 0.15) is 0 Å². The first-order chi connectivity index (χ1) is 7.83. The van der Waals surface area contributed by atoms with Gasteiger partial charge in [-0.3, -0.25) is 4.40 Å². The smallest absolute Gasteiger partial charge is 0.194 e. The molecule has 0 aliphatic heterocycles. The summed E-state index contributed by atoms with van der Waals surface area (Å²) in [5, 5.41) is 5.57. The van der Waals surface area contributed by atoms with Gasteiger partial charge in [0, 0.05) is 18.1 Å². The van der Waals surface area contributed by atoms with Gasteiger partial charge in [-0.25, -0.2) is 4.98 Å². The Hall–Kier alpha value is -0.870. The minimum atomic E-state index is 0.924. The molecule has 2 aromatic heterocycles. The van der Waals surface area contributed by atoms with Crippen LogP contribution in [0.4, 0.5) is 0 Å². The third kappa shape index (κ3) is 2.44. The van der Waals surface area contributed by atoms with Crippen molar-refractivity contribution in [3.8, 4) is 0 Å². The van der Waals surface area contributed by atoms with Crippen molar-refractivity contribution >= 4 is 16.3 Å². The predicted octanol–water partition coefficient (Wildman–Crippen LogP) is 2.98. The summed E-state index contributed by atoms with van der Waals surface area (Å²) in [4.78, 5) is 5.63. The van der Waals surface area contributed by atoms with Gasteiger partial charge in [0.15, 0.2) is 4.96 Å². The molecule has 2 rings (SSSR count). The quantitative estimate of drug-likeness (QED) is 0.783. The third-order valence-electron chi connectivity index (χ3n) is 2.81. The Morgan fingerprint density at radius 2 is 2.31 bits per heavy atom. The number of aromatic nitrogens is 2. The van der Waals surface area contributed by atoms with E-state index in [1.54, 1.807) is 11.3 Å². The Morgan fingerprint density at radius 3 is 3.12 bits per heavy atom. The summed E-state index contributed by atoms with van der Waals surface area (Å²) >= 11 is 1.69. The highest BCUT2D eigenvalue weighted by molar-refractivity contribution is 7.15. The molecular weight excluding hydrogens is 218 g/mol. The van der Waals surface area contributed by atoms with Crippen molar-refractivity contribution in [3.63, 3.8) is 0 Å². The molecule has 0 aromatic carbocycles. The first-order valence-electron chi connectivity index (χ1n) is 5.94. The van der Waals surface area contributed by atoms with Crippen molar-refractivity contribution in [1.82, 2.24) is 14.7 Å². The Kier molecular flexibility index (Phi) is 3.96. The number of rotatable bonds is 6. The molecule has 2 aromatic rings. The van der Waals surface area contributed by atoms with Crippen LogP contribution in [0.3, 0.4) is 0 Å².